The number of piperidine rings is 1. The highest BCUT2D eigenvalue weighted by Gasteiger charge is 2.40. The molecule has 1 fully saturated rings. The van der Waals surface area contributed by atoms with Gasteiger partial charge in [0.05, 0.1) is 21.2 Å². The van der Waals surface area contributed by atoms with E-state index < -0.39 is 39.4 Å². The molecule has 0 saturated carbocycles. The third-order valence-electron chi connectivity index (χ3n) is 6.00. The molecule has 1 heterocycles. The van der Waals surface area contributed by atoms with Gasteiger partial charge in [0.25, 0.3) is 10.0 Å². The Morgan fingerprint density at radius 3 is 2.43 bits per heavy atom. The lowest BCUT2D eigenvalue weighted by atomic mass is 9.97. The molecule has 3 rings (SSSR count). The molecule has 0 radical (unpaired) electrons. The van der Waals surface area contributed by atoms with Crippen molar-refractivity contribution in [2.75, 3.05) is 23.9 Å². The number of carbonyl (C=O) groups is 1. The van der Waals surface area contributed by atoms with Crippen LogP contribution in [0.1, 0.15) is 31.7 Å². The van der Waals surface area contributed by atoms with Crippen LogP contribution in [-0.4, -0.2) is 44.9 Å². The molecule has 0 spiro atoms. The summed E-state index contributed by atoms with van der Waals surface area (Å²) in [5.74, 6) is -0.458. The molecule has 12 heteroatoms. The fraction of sp³-hybridized carbons (Fsp3) is 0.435. The molecule has 192 valence electrons. The van der Waals surface area contributed by atoms with Gasteiger partial charge in [-0.1, -0.05) is 30.1 Å². The second kappa shape index (κ2) is 10.9. The second-order valence-electron chi connectivity index (χ2n) is 8.37. The number of halogens is 5. The molecule has 0 bridgehead atoms. The van der Waals surface area contributed by atoms with Crippen molar-refractivity contribution in [2.24, 2.45) is 11.7 Å². The number of carbonyl (C=O) groups excluding carboxylic acids is 1. The van der Waals surface area contributed by atoms with Gasteiger partial charge in [-0.15, -0.1) is 0 Å². The predicted octanol–water partition coefficient (Wildman–Crippen LogP) is 5.18. The highest BCUT2D eigenvalue weighted by molar-refractivity contribution is 7.93. The Labute approximate surface area is 212 Å². The van der Waals surface area contributed by atoms with E-state index in [1.165, 1.54) is 29.2 Å². The van der Waals surface area contributed by atoms with Gasteiger partial charge in [-0.25, -0.2) is 8.42 Å². The van der Waals surface area contributed by atoms with Gasteiger partial charge >= 0.3 is 6.18 Å². The van der Waals surface area contributed by atoms with E-state index in [1.807, 2.05) is 0 Å². The zero-order chi connectivity index (χ0) is 26.0. The van der Waals surface area contributed by atoms with Gasteiger partial charge in [0.15, 0.2) is 0 Å². The minimum absolute atomic E-state index is 0.00200. The average molecular weight is 552 g/mol. The van der Waals surface area contributed by atoms with Crippen molar-refractivity contribution in [2.45, 2.75) is 43.3 Å². The average Bonchev–Trinajstić information content (AvgIpc) is 2.82. The number of sulfonamides is 1. The third kappa shape index (κ3) is 6.04. The molecule has 0 aliphatic carbocycles. The van der Waals surface area contributed by atoms with Crippen LogP contribution in [0.2, 0.25) is 10.0 Å². The largest absolute Gasteiger partial charge is 0.416 e. The Morgan fingerprint density at radius 1 is 1.20 bits per heavy atom. The summed E-state index contributed by atoms with van der Waals surface area (Å²) < 4.78 is 68.9. The lowest BCUT2D eigenvalue weighted by Gasteiger charge is -2.38. The van der Waals surface area contributed by atoms with E-state index in [0.717, 1.165) is 18.6 Å². The fourth-order valence-corrected chi connectivity index (χ4v) is 6.23. The lowest BCUT2D eigenvalue weighted by molar-refractivity contribution is -0.137. The highest BCUT2D eigenvalue weighted by atomic mass is 35.5. The van der Waals surface area contributed by atoms with Crippen LogP contribution in [-0.2, 0) is 21.0 Å². The number of hydrogen-bond donors (Lipinski definition) is 1. The third-order valence-corrected chi connectivity index (χ3v) is 8.41. The van der Waals surface area contributed by atoms with Crippen LogP contribution < -0.4 is 10.0 Å². The number of rotatable bonds is 7. The van der Waals surface area contributed by atoms with Crippen molar-refractivity contribution in [3.05, 3.63) is 58.1 Å². The fourth-order valence-electron chi connectivity index (χ4n) is 4.15. The van der Waals surface area contributed by atoms with Gasteiger partial charge in [-0.05, 0) is 74.2 Å². The number of benzene rings is 2. The number of anilines is 1. The van der Waals surface area contributed by atoms with Crippen molar-refractivity contribution >= 4 is 44.8 Å². The van der Waals surface area contributed by atoms with E-state index in [-0.39, 0.29) is 27.3 Å². The maximum atomic E-state index is 13.8. The van der Waals surface area contributed by atoms with Gasteiger partial charge in [0.1, 0.15) is 6.04 Å². The Hall–Kier alpha value is -2.01. The number of alkyl halides is 3. The first kappa shape index (κ1) is 27.6. The molecule has 6 nitrogen and oxygen atoms in total. The summed E-state index contributed by atoms with van der Waals surface area (Å²) in [5.41, 5.74) is 4.27. The summed E-state index contributed by atoms with van der Waals surface area (Å²) >= 11 is 12.2. The van der Waals surface area contributed by atoms with Crippen molar-refractivity contribution in [3.8, 4) is 0 Å². The van der Waals surface area contributed by atoms with Crippen LogP contribution >= 0.6 is 23.2 Å². The Morgan fingerprint density at radius 2 is 1.86 bits per heavy atom. The molecule has 1 amide bonds. The SMILES string of the molecule is CCC(C(=O)N1CCCC(CN)C1)N(c1cc(C(F)(F)F)ccc1Cl)S(=O)(=O)c1ccc(Cl)cc1. The molecule has 2 aromatic rings. The van der Waals surface area contributed by atoms with Crippen molar-refractivity contribution in [3.63, 3.8) is 0 Å². The molecule has 1 aliphatic rings. The topological polar surface area (TPSA) is 83.7 Å². The summed E-state index contributed by atoms with van der Waals surface area (Å²) in [6, 6.07) is 6.23. The molecule has 2 atom stereocenters. The summed E-state index contributed by atoms with van der Waals surface area (Å²) in [6.07, 6.45) is -3.22. The normalized spacial score (nSPS) is 17.8. The first-order valence-electron chi connectivity index (χ1n) is 11.1. The molecular weight excluding hydrogens is 526 g/mol. The minimum Gasteiger partial charge on any atom is -0.341 e. The van der Waals surface area contributed by atoms with Crippen LogP contribution in [0.5, 0.6) is 0 Å². The molecular formula is C23H26Cl2F3N3O3S. The van der Waals surface area contributed by atoms with Crippen molar-refractivity contribution < 1.29 is 26.4 Å². The Balaban J connectivity index is 2.18. The number of nitrogens with zero attached hydrogens (tertiary/aromatic N) is 2. The van der Waals surface area contributed by atoms with Gasteiger partial charge in [0, 0.05) is 18.1 Å². The molecule has 2 aromatic carbocycles. The Kier molecular flexibility index (Phi) is 8.62. The summed E-state index contributed by atoms with van der Waals surface area (Å²) in [4.78, 5) is 14.9. The number of hydrogen-bond acceptors (Lipinski definition) is 4. The van der Waals surface area contributed by atoms with E-state index >= 15 is 0 Å². The lowest BCUT2D eigenvalue weighted by Crippen LogP contribution is -2.53. The van der Waals surface area contributed by atoms with E-state index in [4.69, 9.17) is 28.9 Å². The molecule has 2 N–H and O–H groups in total. The van der Waals surface area contributed by atoms with E-state index in [2.05, 4.69) is 0 Å². The van der Waals surface area contributed by atoms with Crippen LogP contribution in [0.15, 0.2) is 47.4 Å². The van der Waals surface area contributed by atoms with Gasteiger partial charge < -0.3 is 10.6 Å². The van der Waals surface area contributed by atoms with E-state index in [1.54, 1.807) is 6.92 Å². The van der Waals surface area contributed by atoms with E-state index in [9.17, 15) is 26.4 Å². The quantitative estimate of drug-likeness (QED) is 0.513. The van der Waals surface area contributed by atoms with Gasteiger partial charge in [0.2, 0.25) is 5.91 Å². The number of amides is 1. The Bertz CT molecular complexity index is 1160. The molecule has 2 unspecified atom stereocenters. The van der Waals surface area contributed by atoms with Gasteiger partial charge in [-0.3, -0.25) is 9.10 Å². The van der Waals surface area contributed by atoms with E-state index in [0.29, 0.717) is 36.4 Å². The molecule has 0 aromatic heterocycles. The summed E-state index contributed by atoms with van der Waals surface area (Å²) in [7, 11) is -4.52. The van der Waals surface area contributed by atoms with Crippen molar-refractivity contribution in [1.82, 2.24) is 4.90 Å². The molecule has 1 saturated heterocycles. The minimum atomic E-state index is -4.75. The summed E-state index contributed by atoms with van der Waals surface area (Å²) in [6.45, 7) is 2.71. The first-order valence-corrected chi connectivity index (χ1v) is 13.2. The second-order valence-corrected chi connectivity index (χ2v) is 11.0. The van der Waals surface area contributed by atoms with Crippen LogP contribution in [0.25, 0.3) is 0 Å². The zero-order valence-corrected chi connectivity index (χ0v) is 21.3. The standard InChI is InChI=1S/C23H26Cl2F3N3O3S/c1-2-20(22(32)30-11-3-4-15(13-29)14-30)31(35(33,34)18-8-6-17(24)7-9-18)21-12-16(23(26,27)28)5-10-19(21)25/h5-10,12,15,20H,2-4,11,13-14,29H2,1H3. The summed E-state index contributed by atoms with van der Waals surface area (Å²) in [5, 5.41) is 0.0390. The molecule has 1 aliphatic heterocycles. The monoisotopic (exact) mass is 551 g/mol. The maximum absolute atomic E-state index is 13.8. The van der Waals surface area contributed by atoms with Crippen LogP contribution in [0.3, 0.4) is 0 Å². The van der Waals surface area contributed by atoms with Crippen LogP contribution in [0, 0.1) is 5.92 Å². The molecule has 35 heavy (non-hydrogen) atoms. The zero-order valence-electron chi connectivity index (χ0n) is 18.9. The number of nitrogens with two attached hydrogens (primary N) is 1. The highest BCUT2D eigenvalue weighted by Crippen LogP contribution is 2.39. The number of likely N-dealkylation sites (tertiary alicyclic amines) is 1. The smallest absolute Gasteiger partial charge is 0.341 e. The maximum Gasteiger partial charge on any atom is 0.416 e. The van der Waals surface area contributed by atoms with Crippen molar-refractivity contribution in [1.29, 1.82) is 0 Å². The van der Waals surface area contributed by atoms with Crippen LogP contribution in [0.4, 0.5) is 18.9 Å². The predicted molar refractivity (Wildman–Crippen MR) is 130 cm³/mol. The van der Waals surface area contributed by atoms with Gasteiger partial charge in [-0.2, -0.15) is 13.2 Å². The first-order chi connectivity index (χ1) is 16.4.